The Bertz CT molecular complexity index is 539. The second-order valence-electron chi connectivity index (χ2n) is 4.64. The fraction of sp³-hybridized carbons (Fsp3) is 0.583. The molecule has 1 N–H and O–H groups in total. The minimum absolute atomic E-state index is 0.0301. The van der Waals surface area contributed by atoms with E-state index in [-0.39, 0.29) is 15.7 Å². The van der Waals surface area contributed by atoms with E-state index in [1.54, 1.807) is 0 Å². The molecule has 0 aliphatic rings. The number of halogens is 1. The summed E-state index contributed by atoms with van der Waals surface area (Å²) in [7, 11) is 1.42. The van der Waals surface area contributed by atoms with Crippen LogP contribution in [0.25, 0.3) is 0 Å². The van der Waals surface area contributed by atoms with E-state index in [0.29, 0.717) is 25.7 Å². The molecule has 0 aliphatic carbocycles. The van der Waals surface area contributed by atoms with Gasteiger partial charge in [-0.05, 0) is 18.4 Å². The summed E-state index contributed by atoms with van der Waals surface area (Å²) in [4.78, 5) is 11.7. The number of nitrogens with one attached hydrogen (secondary N) is 1. The van der Waals surface area contributed by atoms with E-state index >= 15 is 0 Å². The van der Waals surface area contributed by atoms with E-state index in [1.165, 1.54) is 11.4 Å². The Hall–Kier alpha value is -0.630. The molecule has 0 aromatic carbocycles. The molecule has 20 heavy (non-hydrogen) atoms. The third-order valence-corrected chi connectivity index (χ3v) is 5.49. The zero-order valence-corrected chi connectivity index (χ0v) is 13.8. The first-order valence-corrected chi connectivity index (χ1v) is 9.38. The van der Waals surface area contributed by atoms with Gasteiger partial charge in [-0.1, -0.05) is 13.8 Å². The zero-order valence-electron chi connectivity index (χ0n) is 11.4. The van der Waals surface area contributed by atoms with E-state index in [9.17, 15) is 13.2 Å². The largest absolute Gasteiger partial charge is 0.380 e. The molecular formula is C12H18ClNO4S2. The van der Waals surface area contributed by atoms with E-state index in [2.05, 4.69) is 19.2 Å². The molecule has 0 atom stereocenters. The number of ether oxygens (including phenoxy) is 1. The van der Waals surface area contributed by atoms with Crippen molar-refractivity contribution in [2.45, 2.75) is 24.5 Å². The molecule has 1 heterocycles. The first-order chi connectivity index (χ1) is 9.30. The maximum absolute atomic E-state index is 11.7. The molecule has 114 valence electrons. The minimum atomic E-state index is -3.77. The van der Waals surface area contributed by atoms with Crippen LogP contribution in [0.3, 0.4) is 0 Å². The van der Waals surface area contributed by atoms with Crippen LogP contribution in [-0.2, 0) is 13.8 Å². The Labute approximate surface area is 127 Å². The summed E-state index contributed by atoms with van der Waals surface area (Å²) in [5.74, 6) is 0.256. The van der Waals surface area contributed by atoms with E-state index in [0.717, 1.165) is 17.8 Å². The number of carbonyl (C=O) groups excluding carboxylic acids is 1. The van der Waals surface area contributed by atoms with Crippen LogP contribution >= 0.6 is 22.0 Å². The molecule has 1 amide bonds. The summed E-state index contributed by atoms with van der Waals surface area (Å²) in [6.07, 6.45) is 0.982. The predicted molar refractivity (Wildman–Crippen MR) is 80.0 cm³/mol. The monoisotopic (exact) mass is 339 g/mol. The van der Waals surface area contributed by atoms with Gasteiger partial charge in [0.05, 0.1) is 12.2 Å². The lowest BCUT2D eigenvalue weighted by atomic mass is 10.1. The summed E-state index contributed by atoms with van der Waals surface area (Å²) in [6, 6.07) is 1.27. The van der Waals surface area contributed by atoms with E-state index in [4.69, 9.17) is 15.4 Å². The lowest BCUT2D eigenvalue weighted by Gasteiger charge is -2.07. The summed E-state index contributed by atoms with van der Waals surface area (Å²) in [6.45, 7) is 5.72. The van der Waals surface area contributed by atoms with Gasteiger partial charge in [-0.25, -0.2) is 8.42 Å². The van der Waals surface area contributed by atoms with Gasteiger partial charge in [0.25, 0.3) is 15.0 Å². The van der Waals surface area contributed by atoms with Crippen molar-refractivity contribution in [1.82, 2.24) is 5.32 Å². The molecule has 1 aromatic heterocycles. The topological polar surface area (TPSA) is 72.5 Å². The van der Waals surface area contributed by atoms with Crippen molar-refractivity contribution < 1.29 is 17.9 Å². The normalized spacial score (nSPS) is 11.8. The fourth-order valence-corrected chi connectivity index (χ4v) is 3.27. The molecule has 0 unspecified atom stereocenters. The van der Waals surface area contributed by atoms with Crippen LogP contribution in [0.4, 0.5) is 0 Å². The smallest absolute Gasteiger partial charge is 0.270 e. The molecule has 1 aromatic rings. The Balaban J connectivity index is 2.31. The van der Waals surface area contributed by atoms with E-state index in [1.807, 2.05) is 0 Å². The van der Waals surface area contributed by atoms with Crippen molar-refractivity contribution in [3.63, 3.8) is 0 Å². The minimum Gasteiger partial charge on any atom is -0.380 e. The SMILES string of the molecule is CC(C)CCOCCNC(=O)c1csc(S(=O)(=O)Cl)c1. The Morgan fingerprint density at radius 2 is 2.15 bits per heavy atom. The van der Waals surface area contributed by atoms with Gasteiger partial charge in [0.15, 0.2) is 0 Å². The average molecular weight is 340 g/mol. The van der Waals surface area contributed by atoms with Crippen molar-refractivity contribution in [1.29, 1.82) is 0 Å². The van der Waals surface area contributed by atoms with Crippen LogP contribution in [0.5, 0.6) is 0 Å². The molecule has 0 fully saturated rings. The third kappa shape index (κ3) is 6.21. The highest BCUT2D eigenvalue weighted by Gasteiger charge is 2.16. The van der Waals surface area contributed by atoms with Gasteiger partial charge in [-0.3, -0.25) is 4.79 Å². The van der Waals surface area contributed by atoms with Gasteiger partial charge in [0.2, 0.25) is 0 Å². The summed E-state index contributed by atoms with van der Waals surface area (Å²) in [5.41, 5.74) is 0.288. The second kappa shape index (κ2) is 7.97. The van der Waals surface area contributed by atoms with Gasteiger partial charge < -0.3 is 10.1 Å². The van der Waals surface area contributed by atoms with E-state index < -0.39 is 9.05 Å². The molecule has 5 nitrogen and oxygen atoms in total. The number of hydrogen-bond donors (Lipinski definition) is 1. The van der Waals surface area contributed by atoms with Crippen LogP contribution in [0.1, 0.15) is 30.6 Å². The summed E-state index contributed by atoms with van der Waals surface area (Å²) >= 11 is 0.923. The Kier molecular flexibility index (Phi) is 6.94. The molecule has 0 radical (unpaired) electrons. The number of amides is 1. The zero-order chi connectivity index (χ0) is 15.2. The molecule has 0 saturated carbocycles. The van der Waals surface area contributed by atoms with Crippen LogP contribution in [0, 0.1) is 5.92 Å². The van der Waals surface area contributed by atoms with Gasteiger partial charge in [0, 0.05) is 29.2 Å². The van der Waals surface area contributed by atoms with Crippen LogP contribution in [0.2, 0.25) is 0 Å². The number of rotatable bonds is 8. The van der Waals surface area contributed by atoms with Crippen molar-refractivity contribution in [2.24, 2.45) is 5.92 Å². The van der Waals surface area contributed by atoms with Gasteiger partial charge in [-0.15, -0.1) is 11.3 Å². The second-order valence-corrected chi connectivity index (χ2v) is 8.35. The molecule has 8 heteroatoms. The predicted octanol–water partition coefficient (Wildman–Crippen LogP) is 2.47. The Morgan fingerprint density at radius 1 is 1.45 bits per heavy atom. The maximum Gasteiger partial charge on any atom is 0.270 e. The first-order valence-electron chi connectivity index (χ1n) is 6.20. The van der Waals surface area contributed by atoms with Gasteiger partial charge in [0.1, 0.15) is 4.21 Å². The van der Waals surface area contributed by atoms with Crippen LogP contribution in [-0.4, -0.2) is 34.1 Å². The highest BCUT2D eigenvalue weighted by molar-refractivity contribution is 8.15. The van der Waals surface area contributed by atoms with Crippen molar-refractivity contribution in [3.8, 4) is 0 Å². The molecule has 0 saturated heterocycles. The fourth-order valence-electron chi connectivity index (χ4n) is 1.32. The first kappa shape index (κ1) is 17.4. The van der Waals surface area contributed by atoms with Crippen molar-refractivity contribution in [3.05, 3.63) is 17.0 Å². The molecule has 0 aliphatic heterocycles. The Morgan fingerprint density at radius 3 is 2.70 bits per heavy atom. The number of carbonyl (C=O) groups is 1. The van der Waals surface area contributed by atoms with Crippen LogP contribution < -0.4 is 5.32 Å². The molecule has 1 rings (SSSR count). The highest BCUT2D eigenvalue weighted by atomic mass is 35.7. The van der Waals surface area contributed by atoms with Gasteiger partial charge in [-0.2, -0.15) is 0 Å². The molecular weight excluding hydrogens is 322 g/mol. The lowest BCUT2D eigenvalue weighted by molar-refractivity contribution is 0.0906. The lowest BCUT2D eigenvalue weighted by Crippen LogP contribution is -2.27. The third-order valence-electron chi connectivity index (χ3n) is 2.45. The average Bonchev–Trinajstić information content (AvgIpc) is 2.82. The highest BCUT2D eigenvalue weighted by Crippen LogP contribution is 2.23. The number of thiophene rings is 1. The van der Waals surface area contributed by atoms with Crippen LogP contribution in [0.15, 0.2) is 15.7 Å². The van der Waals surface area contributed by atoms with Crippen molar-refractivity contribution >= 4 is 37.0 Å². The van der Waals surface area contributed by atoms with Crippen molar-refractivity contribution in [2.75, 3.05) is 19.8 Å². The number of hydrogen-bond acceptors (Lipinski definition) is 5. The standard InChI is InChI=1S/C12H18ClNO4S2/c1-9(2)3-5-18-6-4-14-12(15)10-7-11(19-8-10)20(13,16)17/h7-9H,3-6H2,1-2H3,(H,14,15). The maximum atomic E-state index is 11.7. The summed E-state index contributed by atoms with van der Waals surface area (Å²) < 4.78 is 27.5. The summed E-state index contributed by atoms with van der Waals surface area (Å²) in [5, 5.41) is 4.12. The molecule has 0 spiro atoms. The van der Waals surface area contributed by atoms with Gasteiger partial charge >= 0.3 is 0 Å². The quantitative estimate of drug-likeness (QED) is 0.583. The molecule has 0 bridgehead atoms.